The van der Waals surface area contributed by atoms with E-state index in [1.54, 1.807) is 17.8 Å². The van der Waals surface area contributed by atoms with E-state index in [0.717, 1.165) is 22.3 Å². The Hall–Kier alpha value is -2.56. The topological polar surface area (TPSA) is 60.0 Å². The Kier molecular flexibility index (Phi) is 2.64. The van der Waals surface area contributed by atoms with Gasteiger partial charge in [0.05, 0.1) is 16.9 Å². The Morgan fingerprint density at radius 3 is 2.55 bits per heavy atom. The number of carboxylic acid groups (broad SMARTS) is 1. The highest BCUT2D eigenvalue weighted by atomic mass is 16.4. The molecular formula is C15H15N3O2. The van der Waals surface area contributed by atoms with Crippen molar-refractivity contribution in [3.63, 3.8) is 0 Å². The second-order valence-electron chi connectivity index (χ2n) is 4.94. The summed E-state index contributed by atoms with van der Waals surface area (Å²) in [5.74, 6) is -1.01. The number of fused-ring (bicyclic) bond motifs is 1. The van der Waals surface area contributed by atoms with Crippen molar-refractivity contribution in [2.24, 2.45) is 14.1 Å². The van der Waals surface area contributed by atoms with Gasteiger partial charge in [0, 0.05) is 25.5 Å². The van der Waals surface area contributed by atoms with Crippen LogP contribution in [-0.2, 0) is 14.1 Å². The summed E-state index contributed by atoms with van der Waals surface area (Å²) in [4.78, 5) is 11.0. The molecule has 3 rings (SSSR count). The summed E-state index contributed by atoms with van der Waals surface area (Å²) in [5, 5.41) is 14.2. The predicted molar refractivity (Wildman–Crippen MR) is 76.8 cm³/mol. The fraction of sp³-hybridized carbons (Fsp3) is 0.200. The molecule has 0 unspecified atom stereocenters. The highest BCUT2D eigenvalue weighted by Crippen LogP contribution is 2.29. The molecule has 0 radical (unpaired) electrons. The number of nitrogens with zero attached hydrogens (tertiary/aromatic N) is 3. The molecule has 3 aromatic rings. The molecule has 0 bridgehead atoms. The van der Waals surface area contributed by atoms with Crippen molar-refractivity contribution < 1.29 is 9.90 Å². The second-order valence-corrected chi connectivity index (χ2v) is 4.94. The number of aryl methyl sites for hydroxylation is 3. The van der Waals surface area contributed by atoms with Crippen LogP contribution < -0.4 is 0 Å². The van der Waals surface area contributed by atoms with Crippen LogP contribution in [0.15, 0.2) is 30.3 Å². The lowest BCUT2D eigenvalue weighted by molar-refractivity contribution is 0.0689. The van der Waals surface area contributed by atoms with E-state index in [0.29, 0.717) is 0 Å². The highest BCUT2D eigenvalue weighted by Gasteiger charge is 2.16. The maximum atomic E-state index is 11.0. The molecular weight excluding hydrogens is 254 g/mol. The van der Waals surface area contributed by atoms with Crippen LogP contribution in [0.25, 0.3) is 22.3 Å². The first kappa shape index (κ1) is 12.5. The molecule has 20 heavy (non-hydrogen) atoms. The van der Waals surface area contributed by atoms with Crippen LogP contribution in [0.4, 0.5) is 0 Å². The van der Waals surface area contributed by atoms with E-state index in [2.05, 4.69) is 34.8 Å². The smallest absolute Gasteiger partial charge is 0.356 e. The minimum Gasteiger partial charge on any atom is -0.476 e. The number of carbonyl (C=O) groups is 1. The fourth-order valence-corrected chi connectivity index (χ4v) is 2.68. The second kappa shape index (κ2) is 4.23. The van der Waals surface area contributed by atoms with Gasteiger partial charge in [-0.05, 0) is 18.6 Å². The normalized spacial score (nSPS) is 11.2. The summed E-state index contributed by atoms with van der Waals surface area (Å²) in [6, 6.07) is 9.81. The largest absolute Gasteiger partial charge is 0.476 e. The van der Waals surface area contributed by atoms with Gasteiger partial charge in [0.25, 0.3) is 0 Å². The van der Waals surface area contributed by atoms with Crippen molar-refractivity contribution in [1.82, 2.24) is 14.3 Å². The molecule has 0 atom stereocenters. The summed E-state index contributed by atoms with van der Waals surface area (Å²) < 4.78 is 3.68. The van der Waals surface area contributed by atoms with Gasteiger partial charge in [-0.25, -0.2) is 4.79 Å². The van der Waals surface area contributed by atoms with Gasteiger partial charge >= 0.3 is 5.97 Å². The third kappa shape index (κ3) is 1.71. The monoisotopic (exact) mass is 269 g/mol. The van der Waals surface area contributed by atoms with E-state index in [9.17, 15) is 4.79 Å². The summed E-state index contributed by atoms with van der Waals surface area (Å²) in [5.41, 5.74) is 4.15. The molecule has 0 saturated heterocycles. The van der Waals surface area contributed by atoms with Crippen LogP contribution in [0, 0.1) is 6.92 Å². The van der Waals surface area contributed by atoms with Crippen LogP contribution in [-0.4, -0.2) is 25.4 Å². The molecule has 1 N–H and O–H groups in total. The van der Waals surface area contributed by atoms with Crippen LogP contribution in [0.2, 0.25) is 0 Å². The number of benzene rings is 1. The number of para-hydroxylation sites is 1. The van der Waals surface area contributed by atoms with Gasteiger partial charge < -0.3 is 9.67 Å². The van der Waals surface area contributed by atoms with Gasteiger partial charge in [0.2, 0.25) is 0 Å². The molecule has 0 fully saturated rings. The number of hydrogen-bond acceptors (Lipinski definition) is 2. The van der Waals surface area contributed by atoms with E-state index < -0.39 is 5.97 Å². The molecule has 5 heteroatoms. The first-order valence-corrected chi connectivity index (χ1v) is 6.32. The van der Waals surface area contributed by atoms with Crippen molar-refractivity contribution in [2.45, 2.75) is 6.92 Å². The van der Waals surface area contributed by atoms with Crippen molar-refractivity contribution in [3.8, 4) is 11.4 Å². The Labute approximate surface area is 116 Å². The number of aromatic carboxylic acids is 1. The number of rotatable bonds is 2. The maximum Gasteiger partial charge on any atom is 0.356 e. The minimum atomic E-state index is -1.01. The standard InChI is InChI=1S/C15H15N3O2/c1-9-5-4-6-10-7-12(17(2)14(9)10)13-8-11(15(19)20)16-18(13)3/h4-8H,1-3H3,(H,19,20). The zero-order chi connectivity index (χ0) is 14.4. The van der Waals surface area contributed by atoms with Gasteiger partial charge in [-0.3, -0.25) is 4.68 Å². The lowest BCUT2D eigenvalue weighted by Gasteiger charge is -2.05. The lowest BCUT2D eigenvalue weighted by atomic mass is 10.1. The fourth-order valence-electron chi connectivity index (χ4n) is 2.68. The molecule has 0 aliphatic rings. The molecule has 0 saturated carbocycles. The predicted octanol–water partition coefficient (Wildman–Crippen LogP) is 2.59. The first-order valence-electron chi connectivity index (χ1n) is 6.32. The molecule has 1 aromatic carbocycles. The van der Waals surface area contributed by atoms with Crippen LogP contribution in [0.1, 0.15) is 16.1 Å². The van der Waals surface area contributed by atoms with Crippen LogP contribution in [0.3, 0.4) is 0 Å². The quantitative estimate of drug-likeness (QED) is 0.778. The van der Waals surface area contributed by atoms with Gasteiger partial charge in [0.1, 0.15) is 0 Å². The van der Waals surface area contributed by atoms with Crippen LogP contribution >= 0.6 is 0 Å². The summed E-state index contributed by atoms with van der Waals surface area (Å²) in [6.45, 7) is 2.07. The molecule has 2 aromatic heterocycles. The average Bonchev–Trinajstić information content (AvgIpc) is 2.92. The van der Waals surface area contributed by atoms with Crippen molar-refractivity contribution in [3.05, 3.63) is 41.6 Å². The minimum absolute atomic E-state index is 0.0597. The van der Waals surface area contributed by atoms with E-state index in [-0.39, 0.29) is 5.69 Å². The van der Waals surface area contributed by atoms with Gasteiger partial charge in [-0.1, -0.05) is 18.2 Å². The molecule has 0 aliphatic heterocycles. The zero-order valence-electron chi connectivity index (χ0n) is 11.6. The zero-order valence-corrected chi connectivity index (χ0v) is 11.6. The number of hydrogen-bond donors (Lipinski definition) is 1. The Bertz CT molecular complexity index is 827. The molecule has 5 nitrogen and oxygen atoms in total. The number of aromatic nitrogens is 3. The van der Waals surface area contributed by atoms with Crippen molar-refractivity contribution >= 4 is 16.9 Å². The van der Waals surface area contributed by atoms with Crippen molar-refractivity contribution in [1.29, 1.82) is 0 Å². The highest BCUT2D eigenvalue weighted by molar-refractivity contribution is 5.90. The average molecular weight is 269 g/mol. The maximum absolute atomic E-state index is 11.0. The van der Waals surface area contributed by atoms with Crippen LogP contribution in [0.5, 0.6) is 0 Å². The van der Waals surface area contributed by atoms with Gasteiger partial charge in [-0.2, -0.15) is 5.10 Å². The Morgan fingerprint density at radius 2 is 1.95 bits per heavy atom. The molecule has 0 aliphatic carbocycles. The molecule has 102 valence electrons. The number of carboxylic acids is 1. The summed E-state index contributed by atoms with van der Waals surface area (Å²) in [7, 11) is 3.74. The molecule has 0 amide bonds. The Balaban J connectivity index is 2.27. The summed E-state index contributed by atoms with van der Waals surface area (Å²) in [6.07, 6.45) is 0. The van der Waals surface area contributed by atoms with E-state index >= 15 is 0 Å². The van der Waals surface area contributed by atoms with Gasteiger partial charge in [0.15, 0.2) is 5.69 Å². The molecule has 0 spiro atoms. The van der Waals surface area contributed by atoms with Gasteiger partial charge in [-0.15, -0.1) is 0 Å². The third-order valence-electron chi connectivity index (χ3n) is 3.62. The van der Waals surface area contributed by atoms with E-state index in [1.807, 2.05) is 13.1 Å². The van der Waals surface area contributed by atoms with E-state index in [4.69, 9.17) is 5.11 Å². The first-order chi connectivity index (χ1) is 9.49. The molecule has 2 heterocycles. The summed E-state index contributed by atoms with van der Waals surface area (Å²) >= 11 is 0. The lowest BCUT2D eigenvalue weighted by Crippen LogP contribution is -2.00. The van der Waals surface area contributed by atoms with Crippen molar-refractivity contribution in [2.75, 3.05) is 0 Å². The SMILES string of the molecule is Cc1cccc2cc(-c3cc(C(=O)O)nn3C)n(C)c12. The third-order valence-corrected chi connectivity index (χ3v) is 3.62. The Morgan fingerprint density at radius 1 is 1.20 bits per heavy atom. The van der Waals surface area contributed by atoms with E-state index in [1.165, 1.54) is 5.56 Å².